The Balaban J connectivity index is 1.85. The predicted molar refractivity (Wildman–Crippen MR) is 74.8 cm³/mol. The third-order valence-electron chi connectivity index (χ3n) is 3.59. The first-order valence-corrected chi connectivity index (χ1v) is 6.88. The Morgan fingerprint density at radius 1 is 1.28 bits per heavy atom. The second-order valence-corrected chi connectivity index (χ2v) is 5.59. The number of carbonyl (C=O) groups excluding carboxylic acids is 1. The Morgan fingerprint density at radius 3 is 3.06 bits per heavy atom. The lowest BCUT2D eigenvalue weighted by atomic mass is 10.0. The molecule has 2 aliphatic rings. The van der Waals surface area contributed by atoms with Crippen LogP contribution in [0.3, 0.4) is 0 Å². The number of allylic oxidation sites excluding steroid dienone is 1. The minimum absolute atomic E-state index is 0.0985. The van der Waals surface area contributed by atoms with Crippen molar-refractivity contribution in [3.8, 4) is 10.4 Å². The summed E-state index contributed by atoms with van der Waals surface area (Å²) in [6.07, 6.45) is 2.62. The van der Waals surface area contributed by atoms with Crippen LogP contribution >= 0.6 is 11.3 Å². The Kier molecular flexibility index (Phi) is 2.00. The highest BCUT2D eigenvalue weighted by Crippen LogP contribution is 2.41. The number of thiophene rings is 1. The fourth-order valence-electron chi connectivity index (χ4n) is 2.70. The number of fused-ring (bicyclic) bond motifs is 3. The van der Waals surface area contributed by atoms with E-state index in [0.717, 1.165) is 11.3 Å². The summed E-state index contributed by atoms with van der Waals surface area (Å²) >= 11 is 1.74. The zero-order valence-corrected chi connectivity index (χ0v) is 10.5. The first-order chi connectivity index (χ1) is 8.83. The number of anilines is 1. The number of nitrogens with one attached hydrogen (secondary N) is 1. The highest BCUT2D eigenvalue weighted by atomic mass is 32.1. The lowest BCUT2D eigenvalue weighted by molar-refractivity contribution is -0.117. The van der Waals surface area contributed by atoms with Crippen molar-refractivity contribution >= 4 is 28.4 Å². The number of hydrogen-bond acceptors (Lipinski definition) is 3. The molecule has 0 saturated heterocycles. The molecule has 1 aromatic carbocycles. The summed E-state index contributed by atoms with van der Waals surface area (Å²) < 4.78 is 0. The van der Waals surface area contributed by atoms with Gasteiger partial charge in [0.25, 0.3) is 0 Å². The average Bonchev–Trinajstić information content (AvgIpc) is 3.07. The van der Waals surface area contributed by atoms with Crippen LogP contribution in [0.1, 0.15) is 12.0 Å². The summed E-state index contributed by atoms with van der Waals surface area (Å²) in [5.74, 6) is 0.277. The molecule has 1 unspecified atom stereocenters. The second kappa shape index (κ2) is 3.56. The van der Waals surface area contributed by atoms with E-state index in [0.29, 0.717) is 6.42 Å². The molecule has 1 aromatic heterocycles. The van der Waals surface area contributed by atoms with Gasteiger partial charge >= 0.3 is 0 Å². The van der Waals surface area contributed by atoms with Gasteiger partial charge in [0, 0.05) is 22.5 Å². The van der Waals surface area contributed by atoms with Crippen molar-refractivity contribution in [3.05, 3.63) is 47.4 Å². The molecule has 2 aromatic rings. The molecule has 0 saturated carbocycles. The van der Waals surface area contributed by atoms with Crippen molar-refractivity contribution in [1.29, 1.82) is 0 Å². The highest BCUT2D eigenvalue weighted by Gasteiger charge is 2.35. The summed E-state index contributed by atoms with van der Waals surface area (Å²) in [7, 11) is 0. The van der Waals surface area contributed by atoms with Crippen LogP contribution in [0.15, 0.2) is 41.8 Å². The molecule has 1 aliphatic heterocycles. The summed E-state index contributed by atoms with van der Waals surface area (Å²) in [5, 5.41) is 5.39. The second-order valence-electron chi connectivity index (χ2n) is 4.64. The molecule has 0 bridgehead atoms. The lowest BCUT2D eigenvalue weighted by Crippen LogP contribution is -2.21. The Morgan fingerprint density at radius 2 is 2.22 bits per heavy atom. The Labute approximate surface area is 109 Å². The smallest absolute Gasteiger partial charge is 0.163 e. The van der Waals surface area contributed by atoms with Crippen LogP contribution in [0.2, 0.25) is 0 Å². The van der Waals surface area contributed by atoms with Gasteiger partial charge in [-0.15, -0.1) is 11.3 Å². The molecule has 0 amide bonds. The molecular weight excluding hydrogens is 242 g/mol. The molecule has 1 N–H and O–H groups in total. The van der Waals surface area contributed by atoms with E-state index in [2.05, 4.69) is 47.1 Å². The molecule has 2 heterocycles. The fourth-order valence-corrected chi connectivity index (χ4v) is 3.43. The average molecular weight is 253 g/mol. The van der Waals surface area contributed by atoms with Gasteiger partial charge in [-0.2, -0.15) is 0 Å². The summed E-state index contributed by atoms with van der Waals surface area (Å²) in [4.78, 5) is 13.0. The van der Waals surface area contributed by atoms with Gasteiger partial charge in [-0.3, -0.25) is 4.79 Å². The van der Waals surface area contributed by atoms with Gasteiger partial charge in [-0.1, -0.05) is 18.2 Å². The van der Waals surface area contributed by atoms with Gasteiger partial charge in [0.1, 0.15) is 6.04 Å². The van der Waals surface area contributed by atoms with Gasteiger partial charge in [-0.05, 0) is 34.7 Å². The van der Waals surface area contributed by atoms with Crippen LogP contribution in [-0.4, -0.2) is 11.8 Å². The van der Waals surface area contributed by atoms with Crippen molar-refractivity contribution in [2.45, 2.75) is 12.5 Å². The monoisotopic (exact) mass is 253 g/mol. The van der Waals surface area contributed by atoms with Crippen molar-refractivity contribution in [2.75, 3.05) is 5.32 Å². The number of Topliss-reactive ketones (excluding diaryl/α,β-unsaturated/α-hetero) is 1. The molecule has 3 heteroatoms. The van der Waals surface area contributed by atoms with Crippen LogP contribution < -0.4 is 5.32 Å². The van der Waals surface area contributed by atoms with E-state index < -0.39 is 0 Å². The first kappa shape index (κ1) is 10.1. The number of hydrogen-bond donors (Lipinski definition) is 1. The standard InChI is InChI=1S/C15H11NOS/c17-13-6-4-10-11-8-9(14-2-1-7-18-14)3-5-12(11)16-15(10)13/h1-5,7-8,15-16H,6H2. The van der Waals surface area contributed by atoms with Crippen LogP contribution in [-0.2, 0) is 4.79 Å². The topological polar surface area (TPSA) is 29.1 Å². The van der Waals surface area contributed by atoms with E-state index >= 15 is 0 Å². The van der Waals surface area contributed by atoms with E-state index in [1.54, 1.807) is 11.3 Å². The van der Waals surface area contributed by atoms with Crippen LogP contribution in [0.4, 0.5) is 5.69 Å². The number of carbonyl (C=O) groups is 1. The fraction of sp³-hybridized carbons (Fsp3) is 0.133. The molecule has 4 rings (SSSR count). The maximum Gasteiger partial charge on any atom is 0.163 e. The molecule has 1 aliphatic carbocycles. The van der Waals surface area contributed by atoms with Crippen molar-refractivity contribution < 1.29 is 4.79 Å². The van der Waals surface area contributed by atoms with Gasteiger partial charge in [-0.25, -0.2) is 0 Å². The summed E-state index contributed by atoms with van der Waals surface area (Å²) in [5.41, 5.74) is 4.66. The first-order valence-electron chi connectivity index (χ1n) is 6.00. The lowest BCUT2D eigenvalue weighted by Gasteiger charge is -2.04. The molecule has 0 radical (unpaired) electrons. The Hall–Kier alpha value is -1.87. The molecule has 0 spiro atoms. The van der Waals surface area contributed by atoms with Gasteiger partial charge < -0.3 is 5.32 Å². The normalized spacial score (nSPS) is 20.3. The quantitative estimate of drug-likeness (QED) is 0.841. The van der Waals surface area contributed by atoms with E-state index in [-0.39, 0.29) is 11.8 Å². The van der Waals surface area contributed by atoms with E-state index in [4.69, 9.17) is 0 Å². The Bertz CT molecular complexity index is 670. The molecule has 18 heavy (non-hydrogen) atoms. The zero-order chi connectivity index (χ0) is 12.1. The largest absolute Gasteiger partial charge is 0.371 e. The third-order valence-corrected chi connectivity index (χ3v) is 4.51. The highest BCUT2D eigenvalue weighted by molar-refractivity contribution is 7.13. The number of rotatable bonds is 1. The van der Waals surface area contributed by atoms with Gasteiger partial charge in [0.15, 0.2) is 5.78 Å². The number of ketones is 1. The predicted octanol–water partition coefficient (Wildman–Crippen LogP) is 3.57. The van der Waals surface area contributed by atoms with E-state index in [9.17, 15) is 4.79 Å². The molecule has 2 nitrogen and oxygen atoms in total. The van der Waals surface area contributed by atoms with Crippen LogP contribution in [0.25, 0.3) is 16.0 Å². The maximum atomic E-state index is 11.7. The van der Waals surface area contributed by atoms with Gasteiger partial charge in [0.05, 0.1) is 0 Å². The zero-order valence-electron chi connectivity index (χ0n) is 9.64. The number of benzene rings is 1. The van der Waals surface area contributed by atoms with E-state index in [1.165, 1.54) is 16.0 Å². The van der Waals surface area contributed by atoms with Crippen molar-refractivity contribution in [1.82, 2.24) is 0 Å². The minimum Gasteiger partial charge on any atom is -0.371 e. The summed E-state index contributed by atoms with van der Waals surface area (Å²) in [6, 6.07) is 10.5. The van der Waals surface area contributed by atoms with Gasteiger partial charge in [0.2, 0.25) is 0 Å². The molecule has 0 fully saturated rings. The maximum absolute atomic E-state index is 11.7. The molecule has 1 atom stereocenters. The van der Waals surface area contributed by atoms with E-state index in [1.807, 2.05) is 0 Å². The third kappa shape index (κ3) is 1.31. The summed E-state index contributed by atoms with van der Waals surface area (Å²) in [6.45, 7) is 0. The minimum atomic E-state index is -0.0985. The van der Waals surface area contributed by atoms with Crippen molar-refractivity contribution in [3.63, 3.8) is 0 Å². The van der Waals surface area contributed by atoms with Crippen molar-refractivity contribution in [2.24, 2.45) is 0 Å². The van der Waals surface area contributed by atoms with Crippen LogP contribution in [0.5, 0.6) is 0 Å². The molecular formula is C15H11NOS. The van der Waals surface area contributed by atoms with Crippen LogP contribution in [0, 0.1) is 0 Å². The molecule has 88 valence electrons. The SMILES string of the molecule is O=C1CC=C2c3cc(-c4cccs4)ccc3NC12.